The van der Waals surface area contributed by atoms with Crippen LogP contribution in [0.25, 0.3) is 0 Å². The van der Waals surface area contributed by atoms with Gasteiger partial charge in [0.05, 0.1) is 10.0 Å². The van der Waals surface area contributed by atoms with Crippen LogP contribution in [0, 0.1) is 5.92 Å². The molecular formula is C16H21Cl2N3O. The highest BCUT2D eigenvalue weighted by Crippen LogP contribution is 2.24. The van der Waals surface area contributed by atoms with Crippen molar-refractivity contribution in [3.05, 3.63) is 40.5 Å². The van der Waals surface area contributed by atoms with Gasteiger partial charge in [-0.15, -0.1) is 0 Å². The van der Waals surface area contributed by atoms with Crippen LogP contribution in [0.1, 0.15) is 33.1 Å². The topological polar surface area (TPSA) is 67.5 Å². The van der Waals surface area contributed by atoms with Gasteiger partial charge in [-0.05, 0) is 36.6 Å². The average Bonchev–Trinajstić information content (AvgIpc) is 2.42. The molecule has 4 nitrogen and oxygen atoms in total. The van der Waals surface area contributed by atoms with Crippen molar-refractivity contribution >= 4 is 40.6 Å². The molecular weight excluding hydrogens is 321 g/mol. The van der Waals surface area contributed by atoms with Gasteiger partial charge in [-0.1, -0.05) is 43.5 Å². The second kappa shape index (κ2) is 9.49. The zero-order valence-electron chi connectivity index (χ0n) is 12.8. The number of nitrogens with one attached hydrogen (secondary N) is 1. The lowest BCUT2D eigenvalue weighted by atomic mass is 10.1. The van der Waals surface area contributed by atoms with E-state index < -0.39 is 0 Å². The number of amidine groups is 1. The van der Waals surface area contributed by atoms with Gasteiger partial charge < -0.3 is 11.1 Å². The zero-order valence-corrected chi connectivity index (χ0v) is 14.3. The van der Waals surface area contributed by atoms with E-state index in [1.807, 2.05) is 0 Å². The molecule has 3 N–H and O–H groups in total. The first kappa shape index (κ1) is 18.5. The van der Waals surface area contributed by atoms with Gasteiger partial charge in [-0.3, -0.25) is 4.79 Å². The molecule has 0 spiro atoms. The minimum atomic E-state index is -0.197. The van der Waals surface area contributed by atoms with Crippen molar-refractivity contribution in [1.29, 1.82) is 0 Å². The summed E-state index contributed by atoms with van der Waals surface area (Å²) in [5.74, 6) is 0.559. The third-order valence-electron chi connectivity index (χ3n) is 2.85. The minimum absolute atomic E-state index is 0.169. The van der Waals surface area contributed by atoms with E-state index in [2.05, 4.69) is 24.2 Å². The number of hydrogen-bond acceptors (Lipinski definition) is 2. The van der Waals surface area contributed by atoms with Crippen LogP contribution in [0.15, 0.2) is 35.5 Å². The Hall–Kier alpha value is -1.52. The van der Waals surface area contributed by atoms with Crippen molar-refractivity contribution in [3.63, 3.8) is 0 Å². The normalized spacial score (nSPS) is 12.1. The molecule has 0 radical (unpaired) electrons. The molecule has 0 saturated carbocycles. The van der Waals surface area contributed by atoms with Crippen LogP contribution in [0.3, 0.4) is 0 Å². The number of nitrogens with two attached hydrogens (primary N) is 1. The molecule has 0 aliphatic carbocycles. The Morgan fingerprint density at radius 2 is 2.09 bits per heavy atom. The number of nitrogens with zero attached hydrogens (tertiary/aromatic N) is 1. The van der Waals surface area contributed by atoms with Crippen molar-refractivity contribution in [2.45, 2.75) is 33.1 Å². The van der Waals surface area contributed by atoms with Crippen LogP contribution in [0.2, 0.25) is 10.0 Å². The number of carbonyl (C=O) groups is 1. The van der Waals surface area contributed by atoms with Gasteiger partial charge in [-0.2, -0.15) is 4.99 Å². The van der Waals surface area contributed by atoms with E-state index in [4.69, 9.17) is 28.9 Å². The predicted molar refractivity (Wildman–Crippen MR) is 94.5 cm³/mol. The molecule has 0 unspecified atom stereocenters. The van der Waals surface area contributed by atoms with Gasteiger partial charge in [0.25, 0.3) is 0 Å². The molecule has 6 heteroatoms. The van der Waals surface area contributed by atoms with Crippen LogP contribution in [0.4, 0.5) is 5.69 Å². The molecule has 0 aliphatic heterocycles. The highest BCUT2D eigenvalue weighted by Gasteiger charge is 2.01. The Labute approximate surface area is 141 Å². The Bertz CT molecular complexity index is 569. The van der Waals surface area contributed by atoms with Crippen LogP contribution in [-0.4, -0.2) is 11.7 Å². The van der Waals surface area contributed by atoms with Gasteiger partial charge >= 0.3 is 0 Å². The molecule has 0 heterocycles. The Morgan fingerprint density at radius 1 is 1.36 bits per heavy atom. The molecule has 1 rings (SSSR count). The number of hydrogen-bond donors (Lipinski definition) is 2. The van der Waals surface area contributed by atoms with Gasteiger partial charge in [0.15, 0.2) is 0 Å². The minimum Gasteiger partial charge on any atom is -0.384 e. The third-order valence-corrected chi connectivity index (χ3v) is 3.59. The van der Waals surface area contributed by atoms with Crippen LogP contribution < -0.4 is 11.1 Å². The highest BCUT2D eigenvalue weighted by molar-refractivity contribution is 6.42. The zero-order chi connectivity index (χ0) is 16.5. The lowest BCUT2D eigenvalue weighted by Crippen LogP contribution is -2.11. The summed E-state index contributed by atoms with van der Waals surface area (Å²) in [6.45, 7) is 4.25. The number of anilines is 1. The number of amides is 1. The first-order chi connectivity index (χ1) is 10.4. The van der Waals surface area contributed by atoms with Gasteiger partial charge in [-0.25, -0.2) is 0 Å². The molecule has 0 bridgehead atoms. The highest BCUT2D eigenvalue weighted by atomic mass is 35.5. The largest absolute Gasteiger partial charge is 0.384 e. The van der Waals surface area contributed by atoms with E-state index in [9.17, 15) is 4.79 Å². The molecule has 0 aromatic heterocycles. The van der Waals surface area contributed by atoms with Crippen molar-refractivity contribution in [2.24, 2.45) is 16.6 Å². The Kier molecular flexibility index (Phi) is 7.99. The standard InChI is InChI=1S/C16H21Cl2N3O/c1-11(2)4-3-5-16(22)21-15(19)8-9-20-12-6-7-13(17)14(18)10-12/h6-11,20H,3-5H2,1-2H3,(H2,19,21,22)/b9-8-. The summed E-state index contributed by atoms with van der Waals surface area (Å²) in [6, 6.07) is 5.16. The van der Waals surface area contributed by atoms with Gasteiger partial charge in [0.1, 0.15) is 5.84 Å². The molecule has 1 aromatic rings. The quantitative estimate of drug-likeness (QED) is 0.561. The number of benzene rings is 1. The molecule has 22 heavy (non-hydrogen) atoms. The summed E-state index contributed by atoms with van der Waals surface area (Å²) in [4.78, 5) is 15.4. The summed E-state index contributed by atoms with van der Waals surface area (Å²) in [7, 11) is 0. The second-order valence-corrected chi connectivity index (χ2v) is 6.14. The fraction of sp³-hybridized carbons (Fsp3) is 0.375. The smallest absolute Gasteiger partial charge is 0.247 e. The fourth-order valence-corrected chi connectivity index (χ4v) is 2.01. The van der Waals surface area contributed by atoms with E-state index in [-0.39, 0.29) is 11.7 Å². The van der Waals surface area contributed by atoms with Crippen LogP contribution >= 0.6 is 23.2 Å². The van der Waals surface area contributed by atoms with Crippen molar-refractivity contribution in [1.82, 2.24) is 0 Å². The summed E-state index contributed by atoms with van der Waals surface area (Å²) < 4.78 is 0. The second-order valence-electron chi connectivity index (χ2n) is 5.32. The lowest BCUT2D eigenvalue weighted by molar-refractivity contribution is -0.117. The summed E-state index contributed by atoms with van der Waals surface area (Å²) in [5, 5.41) is 3.93. The Morgan fingerprint density at radius 3 is 2.73 bits per heavy atom. The Balaban J connectivity index is 2.45. The summed E-state index contributed by atoms with van der Waals surface area (Å²) in [6.07, 6.45) is 5.39. The first-order valence-electron chi connectivity index (χ1n) is 7.13. The molecule has 0 fully saturated rings. The molecule has 1 aromatic carbocycles. The number of halogens is 2. The summed E-state index contributed by atoms with van der Waals surface area (Å²) >= 11 is 11.7. The molecule has 120 valence electrons. The lowest BCUT2D eigenvalue weighted by Gasteiger charge is -2.03. The maximum Gasteiger partial charge on any atom is 0.247 e. The fourth-order valence-electron chi connectivity index (χ4n) is 1.71. The third kappa shape index (κ3) is 7.48. The maximum absolute atomic E-state index is 11.6. The average molecular weight is 342 g/mol. The summed E-state index contributed by atoms with van der Waals surface area (Å²) in [5.41, 5.74) is 6.44. The van der Waals surface area contributed by atoms with E-state index in [0.29, 0.717) is 22.4 Å². The maximum atomic E-state index is 11.6. The van der Waals surface area contributed by atoms with Gasteiger partial charge in [0, 0.05) is 18.3 Å². The van der Waals surface area contributed by atoms with E-state index in [1.54, 1.807) is 24.4 Å². The predicted octanol–water partition coefficient (Wildman–Crippen LogP) is 4.63. The monoisotopic (exact) mass is 341 g/mol. The molecule has 1 amide bonds. The molecule has 0 saturated heterocycles. The van der Waals surface area contributed by atoms with E-state index in [1.165, 1.54) is 6.08 Å². The van der Waals surface area contributed by atoms with E-state index >= 15 is 0 Å². The van der Waals surface area contributed by atoms with Crippen molar-refractivity contribution in [3.8, 4) is 0 Å². The van der Waals surface area contributed by atoms with Gasteiger partial charge in [0.2, 0.25) is 5.91 Å². The van der Waals surface area contributed by atoms with Crippen molar-refractivity contribution in [2.75, 3.05) is 5.32 Å². The van der Waals surface area contributed by atoms with Crippen molar-refractivity contribution < 1.29 is 4.79 Å². The number of carbonyl (C=O) groups excluding carboxylic acids is 1. The molecule has 0 aliphatic rings. The van der Waals surface area contributed by atoms with Crippen LogP contribution in [-0.2, 0) is 4.79 Å². The number of aliphatic imine (C=N–C) groups is 1. The number of rotatable bonds is 7. The first-order valence-corrected chi connectivity index (χ1v) is 7.89. The molecule has 0 atom stereocenters. The van der Waals surface area contributed by atoms with E-state index in [0.717, 1.165) is 18.5 Å². The van der Waals surface area contributed by atoms with Crippen LogP contribution in [0.5, 0.6) is 0 Å². The SMILES string of the molecule is CC(C)CCCC(=O)N=C(N)/C=C\Nc1ccc(Cl)c(Cl)c1.